The van der Waals surface area contributed by atoms with Crippen molar-refractivity contribution in [3.63, 3.8) is 0 Å². The van der Waals surface area contributed by atoms with Gasteiger partial charge in [0.25, 0.3) is 0 Å². The summed E-state index contributed by atoms with van der Waals surface area (Å²) in [6.07, 6.45) is 1.24. The minimum absolute atomic E-state index is 0.326. The van der Waals surface area contributed by atoms with Crippen molar-refractivity contribution in [3.8, 4) is 9.85 Å². The van der Waals surface area contributed by atoms with Crippen molar-refractivity contribution >= 4 is 30.9 Å². The summed E-state index contributed by atoms with van der Waals surface area (Å²) in [5, 5.41) is 0.326. The molecule has 0 heterocycles. The SMILES string of the molecule is CC(C)(C)[Si](C)(C)OCC1CC1C#CI. The third-order valence-corrected chi connectivity index (χ3v) is 8.44. The normalized spacial score (nSPS) is 25.7. The summed E-state index contributed by atoms with van der Waals surface area (Å²) in [6, 6.07) is 0. The Labute approximate surface area is 109 Å². The van der Waals surface area contributed by atoms with Crippen molar-refractivity contribution in [2.45, 2.75) is 45.3 Å². The number of halogens is 1. The summed E-state index contributed by atoms with van der Waals surface area (Å²) in [7, 11) is -1.53. The minimum atomic E-state index is -1.53. The Hall–Kier alpha value is 0.467. The van der Waals surface area contributed by atoms with Crippen LogP contribution in [0.3, 0.4) is 0 Å². The first-order chi connectivity index (χ1) is 6.78. The summed E-state index contributed by atoms with van der Waals surface area (Å²) in [4.78, 5) is 0. The van der Waals surface area contributed by atoms with Crippen LogP contribution >= 0.6 is 22.6 Å². The highest BCUT2D eigenvalue weighted by Gasteiger charge is 2.41. The van der Waals surface area contributed by atoms with Crippen LogP contribution in [0.25, 0.3) is 0 Å². The molecule has 1 saturated carbocycles. The van der Waals surface area contributed by atoms with E-state index in [0.717, 1.165) is 6.61 Å². The van der Waals surface area contributed by atoms with E-state index in [9.17, 15) is 0 Å². The molecule has 3 heteroatoms. The van der Waals surface area contributed by atoms with E-state index < -0.39 is 8.32 Å². The third kappa shape index (κ3) is 3.76. The van der Waals surface area contributed by atoms with Crippen molar-refractivity contribution in [1.29, 1.82) is 0 Å². The van der Waals surface area contributed by atoms with Crippen LogP contribution in [0.4, 0.5) is 0 Å². The maximum absolute atomic E-state index is 6.16. The van der Waals surface area contributed by atoms with E-state index in [2.05, 4.69) is 66.3 Å². The molecular formula is C12H21IOSi. The zero-order valence-corrected chi connectivity index (χ0v) is 13.5. The van der Waals surface area contributed by atoms with E-state index in [1.807, 2.05) is 0 Å². The zero-order valence-electron chi connectivity index (χ0n) is 10.4. The highest BCUT2D eigenvalue weighted by molar-refractivity contribution is 14.1. The predicted octanol–water partition coefficient (Wildman–Crippen LogP) is 4.04. The maximum atomic E-state index is 6.16. The molecule has 2 atom stereocenters. The van der Waals surface area contributed by atoms with Crippen molar-refractivity contribution in [2.75, 3.05) is 6.61 Å². The maximum Gasteiger partial charge on any atom is 0.191 e. The van der Waals surface area contributed by atoms with Gasteiger partial charge in [0.15, 0.2) is 8.32 Å². The first-order valence-corrected chi connectivity index (χ1v) is 9.52. The molecule has 0 bridgehead atoms. The molecule has 2 unspecified atom stereocenters. The van der Waals surface area contributed by atoms with Crippen molar-refractivity contribution < 1.29 is 4.43 Å². The Morgan fingerprint density at radius 1 is 1.40 bits per heavy atom. The first-order valence-electron chi connectivity index (χ1n) is 5.53. The van der Waals surface area contributed by atoms with Gasteiger partial charge in [-0.1, -0.05) is 26.7 Å². The molecule has 0 saturated heterocycles. The second kappa shape index (κ2) is 4.76. The quantitative estimate of drug-likeness (QED) is 0.429. The van der Waals surface area contributed by atoms with Gasteiger partial charge in [0.1, 0.15) is 0 Å². The van der Waals surface area contributed by atoms with Gasteiger partial charge in [-0.2, -0.15) is 0 Å². The zero-order chi connectivity index (χ0) is 11.7. The number of rotatable bonds is 3. The van der Waals surface area contributed by atoms with Gasteiger partial charge in [-0.3, -0.25) is 0 Å². The predicted molar refractivity (Wildman–Crippen MR) is 76.5 cm³/mol. The molecule has 15 heavy (non-hydrogen) atoms. The van der Waals surface area contributed by atoms with Crippen LogP contribution < -0.4 is 0 Å². The molecule has 0 aliphatic heterocycles. The van der Waals surface area contributed by atoms with E-state index in [4.69, 9.17) is 4.43 Å². The van der Waals surface area contributed by atoms with Crippen LogP contribution in [0.5, 0.6) is 0 Å². The van der Waals surface area contributed by atoms with Crippen molar-refractivity contribution in [1.82, 2.24) is 0 Å². The van der Waals surface area contributed by atoms with Gasteiger partial charge in [-0.25, -0.2) is 0 Å². The Morgan fingerprint density at radius 3 is 2.47 bits per heavy atom. The van der Waals surface area contributed by atoms with Gasteiger partial charge < -0.3 is 4.43 Å². The van der Waals surface area contributed by atoms with Crippen LogP contribution in [0.15, 0.2) is 0 Å². The fourth-order valence-corrected chi connectivity index (χ4v) is 2.67. The summed E-state index contributed by atoms with van der Waals surface area (Å²) < 4.78 is 9.13. The van der Waals surface area contributed by atoms with E-state index in [-0.39, 0.29) is 0 Å². The van der Waals surface area contributed by atoms with E-state index in [1.54, 1.807) is 0 Å². The molecule has 0 radical (unpaired) electrons. The summed E-state index contributed by atoms with van der Waals surface area (Å²) in [5.41, 5.74) is 0. The average molecular weight is 336 g/mol. The lowest BCUT2D eigenvalue weighted by Gasteiger charge is -2.36. The van der Waals surface area contributed by atoms with Crippen molar-refractivity contribution in [3.05, 3.63) is 0 Å². The summed E-state index contributed by atoms with van der Waals surface area (Å²) in [5.74, 6) is 4.54. The summed E-state index contributed by atoms with van der Waals surface area (Å²) >= 11 is 2.12. The Kier molecular flexibility index (Phi) is 4.30. The second-order valence-corrected chi connectivity index (χ2v) is 11.3. The standard InChI is InChI=1S/C12H21IOSi/c1-12(2,3)15(4,5)14-9-11-8-10(11)6-7-13/h10-11H,8-9H2,1-5H3. The van der Waals surface area contributed by atoms with Gasteiger partial charge in [-0.15, -0.1) is 0 Å². The van der Waals surface area contributed by atoms with Gasteiger partial charge in [0.2, 0.25) is 0 Å². The molecule has 1 aliphatic rings. The molecule has 1 fully saturated rings. The fourth-order valence-electron chi connectivity index (χ4n) is 1.21. The smallest absolute Gasteiger partial charge is 0.191 e. The van der Waals surface area contributed by atoms with E-state index in [0.29, 0.717) is 16.9 Å². The van der Waals surface area contributed by atoms with Crippen LogP contribution in [-0.2, 0) is 4.43 Å². The molecule has 1 rings (SSSR count). The number of hydrogen-bond acceptors (Lipinski definition) is 1. The van der Waals surface area contributed by atoms with Gasteiger partial charge in [0, 0.05) is 35.1 Å². The third-order valence-electron chi connectivity index (χ3n) is 3.63. The van der Waals surface area contributed by atoms with Crippen molar-refractivity contribution in [2.24, 2.45) is 11.8 Å². The highest BCUT2D eigenvalue weighted by Crippen LogP contribution is 2.42. The number of hydrogen-bond donors (Lipinski definition) is 0. The molecule has 86 valence electrons. The molecule has 0 aromatic rings. The van der Waals surface area contributed by atoms with Gasteiger partial charge >= 0.3 is 0 Å². The average Bonchev–Trinajstić information content (AvgIpc) is 2.79. The molecular weight excluding hydrogens is 315 g/mol. The molecule has 0 N–H and O–H groups in total. The first kappa shape index (κ1) is 13.5. The van der Waals surface area contributed by atoms with Crippen LogP contribution in [0, 0.1) is 21.7 Å². The molecule has 0 spiro atoms. The monoisotopic (exact) mass is 336 g/mol. The molecule has 1 nitrogen and oxygen atoms in total. The topological polar surface area (TPSA) is 9.23 Å². The van der Waals surface area contributed by atoms with E-state index in [1.165, 1.54) is 6.42 Å². The summed E-state index contributed by atoms with van der Waals surface area (Å²) in [6.45, 7) is 12.4. The Balaban J connectivity index is 2.35. The molecule has 0 aromatic carbocycles. The Bertz CT molecular complexity index is 282. The van der Waals surface area contributed by atoms with E-state index >= 15 is 0 Å². The van der Waals surface area contributed by atoms with Crippen LogP contribution in [0.1, 0.15) is 27.2 Å². The van der Waals surface area contributed by atoms with Gasteiger partial charge in [-0.05, 0) is 34.4 Å². The van der Waals surface area contributed by atoms with Gasteiger partial charge in [0.05, 0.1) is 0 Å². The minimum Gasteiger partial charge on any atom is -0.417 e. The lowest BCUT2D eigenvalue weighted by Crippen LogP contribution is -2.41. The molecule has 0 amide bonds. The molecule has 0 aromatic heterocycles. The van der Waals surface area contributed by atoms with Crippen LogP contribution in [-0.4, -0.2) is 14.9 Å². The lowest BCUT2D eigenvalue weighted by atomic mass is 10.2. The molecule has 1 aliphatic carbocycles. The lowest BCUT2D eigenvalue weighted by molar-refractivity contribution is 0.269. The fraction of sp³-hybridized carbons (Fsp3) is 0.833. The largest absolute Gasteiger partial charge is 0.417 e. The van der Waals surface area contributed by atoms with Crippen LogP contribution in [0.2, 0.25) is 18.1 Å². The highest BCUT2D eigenvalue weighted by atomic mass is 127. The second-order valence-electron chi connectivity index (χ2n) is 5.91. The Morgan fingerprint density at radius 2 is 2.00 bits per heavy atom.